The van der Waals surface area contributed by atoms with Gasteiger partial charge in [-0.25, -0.2) is 0 Å². The highest BCUT2D eigenvalue weighted by molar-refractivity contribution is 7.18. The summed E-state index contributed by atoms with van der Waals surface area (Å²) < 4.78 is 4.23. The lowest BCUT2D eigenvalue weighted by atomic mass is 10.5. The largest absolute Gasteiger partial charge is 0.445 e. The maximum atomic E-state index is 10.4. The third-order valence-electron chi connectivity index (χ3n) is 1.29. The van der Waals surface area contributed by atoms with Gasteiger partial charge in [0, 0.05) is 0 Å². The summed E-state index contributed by atoms with van der Waals surface area (Å²) in [5.41, 5.74) is 5.24. The predicted octanol–water partition coefficient (Wildman–Crippen LogP) is 0.0785. The van der Waals surface area contributed by atoms with Crippen LogP contribution >= 0.6 is 11.3 Å². The van der Waals surface area contributed by atoms with E-state index in [-0.39, 0.29) is 15.8 Å². The summed E-state index contributed by atoms with van der Waals surface area (Å²) >= 11 is 0.966. The van der Waals surface area contributed by atoms with E-state index in [1.54, 1.807) is 0 Å². The molecule has 0 radical (unpaired) electrons. The number of nitro groups is 1. The van der Waals surface area contributed by atoms with Crippen molar-refractivity contribution in [3.8, 4) is 10.7 Å². The van der Waals surface area contributed by atoms with Crippen LogP contribution in [0.3, 0.4) is 0 Å². The molecule has 0 saturated carbocycles. The van der Waals surface area contributed by atoms with E-state index in [0.717, 1.165) is 11.3 Å². The lowest BCUT2D eigenvalue weighted by Crippen LogP contribution is -1.90. The highest BCUT2D eigenvalue weighted by atomic mass is 32.1. The smallest absolute Gasteiger partial charge is 0.374 e. The molecule has 0 amide bonds. The summed E-state index contributed by atoms with van der Waals surface area (Å²) in [6, 6.07) is 0. The molecule has 0 unspecified atom stereocenters. The van der Waals surface area contributed by atoms with Gasteiger partial charge < -0.3 is 15.8 Å². The van der Waals surface area contributed by atoms with Crippen molar-refractivity contribution in [1.82, 2.24) is 20.5 Å². The molecule has 0 aliphatic heterocycles. The fraction of sp³-hybridized carbons (Fsp3) is 0. The molecule has 0 aromatic carbocycles. The molecule has 0 saturated heterocycles. The lowest BCUT2D eigenvalue weighted by molar-refractivity contribution is -0.390. The second-order valence-corrected chi connectivity index (χ2v) is 3.15. The summed E-state index contributed by atoms with van der Waals surface area (Å²) in [6.07, 6.45) is 0. The maximum Gasteiger partial charge on any atom is 0.445 e. The number of nitrogen functional groups attached to an aromatic ring is 1. The van der Waals surface area contributed by atoms with Crippen LogP contribution in [0.1, 0.15) is 0 Å². The van der Waals surface area contributed by atoms with Gasteiger partial charge in [0.1, 0.15) is 0 Å². The molecule has 2 aromatic rings. The summed E-state index contributed by atoms with van der Waals surface area (Å²) in [5.74, 6) is -0.499. The molecule has 9 nitrogen and oxygen atoms in total. The quantitative estimate of drug-likeness (QED) is 0.548. The van der Waals surface area contributed by atoms with Gasteiger partial charge in [0.15, 0.2) is 10.2 Å². The minimum atomic E-state index is -0.719. The molecule has 0 bridgehead atoms. The van der Waals surface area contributed by atoms with Crippen LogP contribution in [0.25, 0.3) is 10.7 Å². The Morgan fingerprint density at radius 1 is 1.43 bits per heavy atom. The van der Waals surface area contributed by atoms with Gasteiger partial charge in [-0.3, -0.25) is 0 Å². The molecule has 2 rings (SSSR count). The average molecular weight is 214 g/mol. The Balaban J connectivity index is 2.51. The van der Waals surface area contributed by atoms with E-state index in [1.807, 2.05) is 0 Å². The third kappa shape index (κ3) is 1.26. The fourth-order valence-corrected chi connectivity index (χ4v) is 1.36. The Hall–Kier alpha value is -2.10. The molecule has 72 valence electrons. The number of nitrogens with zero attached hydrogens (tertiary/aromatic N) is 5. The van der Waals surface area contributed by atoms with E-state index in [0.29, 0.717) is 0 Å². The zero-order valence-corrected chi connectivity index (χ0v) is 7.26. The van der Waals surface area contributed by atoms with Gasteiger partial charge in [0.05, 0.1) is 0 Å². The Labute approximate surface area is 79.7 Å². The van der Waals surface area contributed by atoms with Crippen LogP contribution in [0, 0.1) is 10.1 Å². The van der Waals surface area contributed by atoms with Crippen LogP contribution in [0.2, 0.25) is 0 Å². The second kappa shape index (κ2) is 2.99. The maximum absolute atomic E-state index is 10.4. The molecule has 2 heterocycles. The summed E-state index contributed by atoms with van der Waals surface area (Å²) in [5, 5.41) is 24.4. The molecular formula is C4H2N6O3S. The normalized spacial score (nSPS) is 10.3. The van der Waals surface area contributed by atoms with Crippen molar-refractivity contribution >= 4 is 22.3 Å². The molecular weight excluding hydrogens is 212 g/mol. The monoisotopic (exact) mass is 214 g/mol. The first-order valence-electron chi connectivity index (χ1n) is 3.25. The van der Waals surface area contributed by atoms with Crippen molar-refractivity contribution in [2.45, 2.75) is 0 Å². The van der Waals surface area contributed by atoms with E-state index in [2.05, 4.69) is 25.1 Å². The molecule has 14 heavy (non-hydrogen) atoms. The lowest BCUT2D eigenvalue weighted by Gasteiger charge is -1.86. The number of anilines is 1. The van der Waals surface area contributed by atoms with Gasteiger partial charge in [-0.2, -0.15) is 0 Å². The molecule has 0 atom stereocenters. The summed E-state index contributed by atoms with van der Waals surface area (Å²) in [6.45, 7) is 0. The van der Waals surface area contributed by atoms with Crippen molar-refractivity contribution in [2.24, 2.45) is 0 Å². The van der Waals surface area contributed by atoms with Crippen molar-refractivity contribution in [3.05, 3.63) is 10.1 Å². The van der Waals surface area contributed by atoms with Crippen LogP contribution in [-0.2, 0) is 0 Å². The Kier molecular flexibility index (Phi) is 1.81. The first-order chi connectivity index (χ1) is 6.68. The Morgan fingerprint density at radius 3 is 2.79 bits per heavy atom. The minimum Gasteiger partial charge on any atom is -0.374 e. The number of nitrogens with two attached hydrogens (primary N) is 1. The van der Waals surface area contributed by atoms with E-state index in [9.17, 15) is 10.1 Å². The van der Waals surface area contributed by atoms with E-state index >= 15 is 0 Å². The highest BCUT2D eigenvalue weighted by Crippen LogP contribution is 2.28. The molecule has 0 spiro atoms. The summed E-state index contributed by atoms with van der Waals surface area (Å²) in [7, 11) is 0. The van der Waals surface area contributed by atoms with E-state index < -0.39 is 10.7 Å². The molecule has 10 heteroatoms. The van der Waals surface area contributed by atoms with Crippen LogP contribution in [0.15, 0.2) is 4.63 Å². The number of aromatic nitrogens is 4. The van der Waals surface area contributed by atoms with Gasteiger partial charge in [-0.05, 0) is 10.1 Å². The van der Waals surface area contributed by atoms with Crippen molar-refractivity contribution < 1.29 is 9.55 Å². The Morgan fingerprint density at radius 2 is 2.21 bits per heavy atom. The number of rotatable bonds is 2. The van der Waals surface area contributed by atoms with Gasteiger partial charge in [0.25, 0.3) is 0 Å². The van der Waals surface area contributed by atoms with E-state index in [4.69, 9.17) is 5.73 Å². The SMILES string of the molecule is Nc1nnc(-c2nonc2[N+](=O)[O-])s1. The first-order valence-corrected chi connectivity index (χ1v) is 4.06. The topological polar surface area (TPSA) is 134 Å². The van der Waals surface area contributed by atoms with Crippen molar-refractivity contribution in [1.29, 1.82) is 0 Å². The zero-order chi connectivity index (χ0) is 10.1. The van der Waals surface area contributed by atoms with Gasteiger partial charge in [0.2, 0.25) is 10.8 Å². The van der Waals surface area contributed by atoms with Crippen LogP contribution in [0.4, 0.5) is 10.9 Å². The summed E-state index contributed by atoms with van der Waals surface area (Å²) in [4.78, 5) is 9.71. The predicted molar refractivity (Wildman–Crippen MR) is 44.3 cm³/mol. The van der Waals surface area contributed by atoms with Gasteiger partial charge in [-0.15, -0.1) is 14.8 Å². The minimum absolute atomic E-state index is 0.0656. The Bertz CT molecular complexity index is 477. The standard InChI is InChI=1S/C4H2N6O3S/c5-4-7-6-3(14-4)1-2(10(11)12)9-13-8-1/h(H2,5,7). The second-order valence-electron chi connectivity index (χ2n) is 2.14. The highest BCUT2D eigenvalue weighted by Gasteiger charge is 2.26. The van der Waals surface area contributed by atoms with Gasteiger partial charge in [-0.1, -0.05) is 11.3 Å². The number of hydrogen-bond acceptors (Lipinski definition) is 9. The van der Waals surface area contributed by atoms with Crippen molar-refractivity contribution in [3.63, 3.8) is 0 Å². The zero-order valence-electron chi connectivity index (χ0n) is 6.45. The van der Waals surface area contributed by atoms with Crippen LogP contribution < -0.4 is 5.73 Å². The average Bonchev–Trinajstić information content (AvgIpc) is 2.70. The van der Waals surface area contributed by atoms with Crippen LogP contribution in [0.5, 0.6) is 0 Å². The fourth-order valence-electron chi connectivity index (χ4n) is 0.769. The molecule has 2 aromatic heterocycles. The molecule has 0 aliphatic rings. The van der Waals surface area contributed by atoms with Crippen LogP contribution in [-0.4, -0.2) is 25.4 Å². The molecule has 2 N–H and O–H groups in total. The first kappa shape index (κ1) is 8.50. The van der Waals surface area contributed by atoms with E-state index in [1.165, 1.54) is 0 Å². The van der Waals surface area contributed by atoms with Crippen molar-refractivity contribution in [2.75, 3.05) is 5.73 Å². The third-order valence-corrected chi connectivity index (χ3v) is 2.05. The number of hydrogen-bond donors (Lipinski definition) is 1. The molecule has 0 aliphatic carbocycles. The van der Waals surface area contributed by atoms with Gasteiger partial charge >= 0.3 is 5.82 Å². The molecule has 0 fully saturated rings.